The molecule has 0 spiro atoms. The molecule has 19 atom stereocenters. The lowest BCUT2D eigenvalue weighted by molar-refractivity contribution is -0.334. The van der Waals surface area contributed by atoms with E-state index in [2.05, 4.69) is 26.6 Å². The van der Waals surface area contributed by atoms with Gasteiger partial charge in [0.25, 0.3) is 0 Å². The number of fused-ring (bicyclic) bond motifs is 15. The lowest BCUT2D eigenvalue weighted by Crippen LogP contribution is -2.66. The Kier molecular flexibility index (Phi) is 26.8. The number of aromatic hydroxyl groups is 3. The van der Waals surface area contributed by atoms with E-state index in [9.17, 15) is 80.1 Å². The van der Waals surface area contributed by atoms with E-state index in [4.69, 9.17) is 62.1 Å². The number of halogens is 2. The molecule has 7 heterocycles. The number of aliphatic carboxylic acids is 2. The van der Waals surface area contributed by atoms with Crippen molar-refractivity contribution < 1.29 is 132 Å². The third-order valence-corrected chi connectivity index (χ3v) is 21.7. The largest absolute Gasteiger partial charge is 0.508 e. The number of nitrogens with one attached hydrogen (secondary N) is 5. The monoisotopic (exact) mass is 1640 g/mol. The third kappa shape index (κ3) is 19.2. The number of carboxylic acid groups (broad SMARTS) is 2. The first-order valence-electron chi connectivity index (χ1n) is 37.0. The first kappa shape index (κ1) is 85.8. The Morgan fingerprint density at radius 3 is 1.97 bits per heavy atom. The summed E-state index contributed by atoms with van der Waals surface area (Å²) in [5.41, 5.74) is 3.40. The summed E-state index contributed by atoms with van der Waals surface area (Å²) in [6, 6.07) is 12.5. The average molecular weight is 1640 g/mol. The van der Waals surface area contributed by atoms with Gasteiger partial charge in [0.2, 0.25) is 41.6 Å². The van der Waals surface area contributed by atoms with Gasteiger partial charge in [-0.15, -0.1) is 0 Å². The van der Waals surface area contributed by atoms with Crippen molar-refractivity contribution >= 4 is 76.2 Å². The van der Waals surface area contributed by atoms with Crippen molar-refractivity contribution in [3.05, 3.63) is 152 Å². The first-order chi connectivity index (χ1) is 54.4. The van der Waals surface area contributed by atoms with Crippen molar-refractivity contribution in [1.82, 2.24) is 26.6 Å². The van der Waals surface area contributed by atoms with Gasteiger partial charge in [0.1, 0.15) is 77.4 Å². The van der Waals surface area contributed by atoms with Crippen LogP contribution in [0, 0.1) is 24.7 Å². The number of benzene rings is 6. The van der Waals surface area contributed by atoms with Crippen LogP contribution in [0.2, 0.25) is 10.0 Å². The fourth-order valence-corrected chi connectivity index (χ4v) is 15.3. The molecule has 35 heteroatoms. The van der Waals surface area contributed by atoms with Crippen molar-refractivity contribution in [3.8, 4) is 57.1 Å². The molecule has 11 bridgehead atoms. The highest BCUT2D eigenvalue weighted by Crippen LogP contribution is 2.51. The Morgan fingerprint density at radius 1 is 0.722 bits per heavy atom. The number of carbonyl (C=O) groups is 9. The van der Waals surface area contributed by atoms with Crippen molar-refractivity contribution in [1.29, 1.82) is 0 Å². The second-order valence-electron chi connectivity index (χ2n) is 30.0. The van der Waals surface area contributed by atoms with Gasteiger partial charge in [-0.25, -0.2) is 9.59 Å². The minimum absolute atomic E-state index is 0.0359. The molecule has 7 aliphatic rings. The number of carboxylic acids is 2. The predicted octanol–water partition coefficient (Wildman–Crippen LogP) is 5.13. The van der Waals surface area contributed by atoms with E-state index in [1.165, 1.54) is 25.1 Å². The molecule has 7 aliphatic heterocycles. The maximum absolute atomic E-state index is 16.3. The van der Waals surface area contributed by atoms with Crippen LogP contribution in [-0.2, 0) is 68.7 Å². The summed E-state index contributed by atoms with van der Waals surface area (Å²) in [7, 11) is 0. The minimum Gasteiger partial charge on any atom is -0.508 e. The van der Waals surface area contributed by atoms with Crippen molar-refractivity contribution in [2.45, 2.75) is 190 Å². The van der Waals surface area contributed by atoms with Gasteiger partial charge < -0.3 is 122 Å². The third-order valence-electron chi connectivity index (χ3n) is 21.1. The number of primary amides is 1. The van der Waals surface area contributed by atoms with E-state index in [1.807, 2.05) is 32.9 Å². The summed E-state index contributed by atoms with van der Waals surface area (Å²) in [4.78, 5) is 131. The molecule has 33 nitrogen and oxygen atoms in total. The lowest BCUT2D eigenvalue weighted by Gasteiger charge is -2.48. The second-order valence-corrected chi connectivity index (χ2v) is 30.8. The van der Waals surface area contributed by atoms with Crippen LogP contribution in [0.1, 0.15) is 142 Å². The number of aliphatic hydroxyl groups is 6. The standard InChI is InChI=1S/C80H90Cl2N6O27/c1-7-37(18-33(2)3)73(101)87-64-51(93)22-42(25-59(83)95)74(102)85-62-41-23-55(111-53-16-13-39(66(64)96)20-47(53)81)70(115-79-71(69(99)68(98)58(31-89)113-79)114-60-29-80(6,72(100)35(5)110-60)84-30-57(77(105)106)109-32-36-10-8-34(4)9-11-36)56(24-41)112-54-17-14-40(21-48(54)82)67(97)65-76(104)86-63(78(107)108)46-26-43(90)27-50(92)61(46)45-19-38(12-15-49(45)91)44(28-52(62)94)75(103)88-65/h8-17,19-21,23-24,26-27,33,35,37,42,44,57-58,60,62-69,71-72,79,84,89-92,96-100H,7,18,22,25,28-32H2,1-6H3,(H2,83,95)(H,85,102)(H,86,104)(H,87,101)(H,88,103)(H,105,106)(H,107,108)/t35?,37-,42+,44?,57?,58?,60?,62-,63-,64?,65+,66-,67-,68?,69?,71?,72?,79?,80?/m1/s1. The summed E-state index contributed by atoms with van der Waals surface area (Å²) in [6.07, 6.45) is -22.5. The van der Waals surface area contributed by atoms with Crippen LogP contribution in [-0.4, -0.2) is 195 Å². The van der Waals surface area contributed by atoms with E-state index in [1.54, 1.807) is 26.0 Å². The first-order valence-corrected chi connectivity index (χ1v) is 37.8. The van der Waals surface area contributed by atoms with Crippen molar-refractivity contribution in [3.63, 3.8) is 0 Å². The molecule has 12 unspecified atom stereocenters. The number of Topliss-reactive ketones (excluding diaryl/α,β-unsaturated/α-hetero) is 2. The van der Waals surface area contributed by atoms with Crippen LogP contribution in [0.5, 0.6) is 46.0 Å². The quantitative estimate of drug-likeness (QED) is 0.0471. The molecule has 0 aliphatic carbocycles. The van der Waals surface area contributed by atoms with Gasteiger partial charge in [-0.1, -0.05) is 92.0 Å². The Labute approximate surface area is 667 Å². The Morgan fingerprint density at radius 2 is 1.37 bits per heavy atom. The van der Waals surface area contributed by atoms with Gasteiger partial charge in [-0.05, 0) is 122 Å². The maximum atomic E-state index is 16.3. The lowest BCUT2D eigenvalue weighted by atomic mass is 9.84. The van der Waals surface area contributed by atoms with Crippen LogP contribution in [0.15, 0.2) is 103 Å². The number of hydrogen-bond acceptors (Lipinski definition) is 26. The molecule has 616 valence electrons. The van der Waals surface area contributed by atoms with Gasteiger partial charge >= 0.3 is 11.9 Å². The number of phenolic OH excluding ortho intramolecular Hbond substituents is 3. The number of rotatable bonds is 20. The van der Waals surface area contributed by atoms with E-state index in [-0.39, 0.29) is 59.4 Å². The molecule has 0 saturated carbocycles. The number of phenols is 3. The SMILES string of the molecule is CC[C@H](CC(C)C)C(=O)NC1C(=O)C[C@@H](CC(N)=O)C(=O)N[C@H]2C(=O)CC3C(=O)N[C@H](C(=O)N[C@@H](C(=O)O)c4cc(O)cc(O)c4-c4cc3ccc4O)[C@H](O)c3ccc(c(Cl)c3)Oc3cc2cc(c3OC2OC(CO)C(O)C(O)C2OC2CC(C)(NCC(OCc3ccc(C)cc3)C(=O)O)C(O)C(C)O2)Oc2ccc(cc2Cl)[C@H]1O. The Balaban J connectivity index is 1.11. The molecule has 18 N–H and O–H groups in total. The topological polar surface area (TPSA) is 527 Å². The van der Waals surface area contributed by atoms with Gasteiger partial charge in [-0.3, -0.25) is 33.6 Å². The summed E-state index contributed by atoms with van der Waals surface area (Å²) >= 11 is 14.3. The zero-order valence-electron chi connectivity index (χ0n) is 62.9. The van der Waals surface area contributed by atoms with E-state index < -0.39 is 261 Å². The molecular weight excluding hydrogens is 1550 g/mol. The molecule has 0 radical (unpaired) electrons. The number of ether oxygens (including phenoxy) is 7. The van der Waals surface area contributed by atoms with Gasteiger partial charge in [0.15, 0.2) is 47.6 Å². The molecule has 0 aromatic heterocycles. The normalized spacial score (nSPS) is 27.7. The number of ketones is 2. The summed E-state index contributed by atoms with van der Waals surface area (Å²) in [6.45, 7) is 8.86. The van der Waals surface area contributed by atoms with E-state index >= 15 is 19.2 Å². The van der Waals surface area contributed by atoms with Crippen LogP contribution < -0.4 is 46.5 Å². The summed E-state index contributed by atoms with van der Waals surface area (Å²) in [5, 5.41) is 139. The van der Waals surface area contributed by atoms with Crippen LogP contribution in [0.25, 0.3) is 11.1 Å². The Bertz CT molecular complexity index is 4710. The number of aryl methyl sites for hydroxylation is 1. The fourth-order valence-electron chi connectivity index (χ4n) is 14.8. The Hall–Kier alpha value is -10.1. The molecule has 115 heavy (non-hydrogen) atoms. The van der Waals surface area contributed by atoms with Crippen LogP contribution >= 0.6 is 23.2 Å². The average Bonchev–Trinajstić information content (AvgIpc) is 0.766. The zero-order chi connectivity index (χ0) is 83.5. The summed E-state index contributed by atoms with van der Waals surface area (Å²) < 4.78 is 45.1. The number of hydrogen-bond donors (Lipinski definition) is 17. The highest BCUT2D eigenvalue weighted by molar-refractivity contribution is 6.32. The molecular formula is C80H90Cl2N6O27. The predicted molar refractivity (Wildman–Crippen MR) is 404 cm³/mol. The van der Waals surface area contributed by atoms with Crippen molar-refractivity contribution in [2.24, 2.45) is 23.5 Å². The fraction of sp³-hybridized carbons (Fsp3) is 0.438. The number of carbonyl (C=O) groups excluding carboxylic acids is 7. The summed E-state index contributed by atoms with van der Waals surface area (Å²) in [5.74, 6) is -20.8. The molecule has 13 rings (SSSR count). The molecule has 2 fully saturated rings. The second kappa shape index (κ2) is 36.0. The number of amides is 5. The van der Waals surface area contributed by atoms with Gasteiger partial charge in [0.05, 0.1) is 47.3 Å². The minimum atomic E-state index is -2.27. The molecule has 6 aromatic rings. The van der Waals surface area contributed by atoms with Crippen molar-refractivity contribution in [2.75, 3.05) is 13.2 Å². The highest BCUT2D eigenvalue weighted by Gasteiger charge is 2.53. The van der Waals surface area contributed by atoms with Gasteiger partial charge in [-0.2, -0.15) is 0 Å². The molecule has 6 aromatic carbocycles. The van der Waals surface area contributed by atoms with Crippen LogP contribution in [0.3, 0.4) is 0 Å². The van der Waals surface area contributed by atoms with E-state index in [0.29, 0.717) is 12.0 Å². The van der Waals surface area contributed by atoms with Gasteiger partial charge in [0, 0.05) is 66.4 Å². The van der Waals surface area contributed by atoms with E-state index in [0.717, 1.165) is 66.2 Å². The molecule has 5 amide bonds. The smallest absolute Gasteiger partial charge is 0.334 e. The van der Waals surface area contributed by atoms with Crippen LogP contribution in [0.4, 0.5) is 0 Å². The maximum Gasteiger partial charge on any atom is 0.334 e. The molecule has 2 saturated heterocycles. The number of nitrogens with two attached hydrogens (primary N) is 1. The number of aliphatic hydroxyl groups excluding tert-OH is 6. The highest BCUT2D eigenvalue weighted by atomic mass is 35.5. The zero-order valence-corrected chi connectivity index (χ0v) is 64.4.